The van der Waals surface area contributed by atoms with Crippen molar-refractivity contribution < 1.29 is 37.9 Å². The van der Waals surface area contributed by atoms with Crippen molar-refractivity contribution in [2.75, 3.05) is 40.6 Å². The van der Waals surface area contributed by atoms with Gasteiger partial charge in [-0.3, -0.25) is 0 Å². The number of rotatable bonds is 15. The van der Waals surface area contributed by atoms with Gasteiger partial charge >= 0.3 is 0 Å². The molecule has 5 aliphatic rings. The average molecular weight is 959 g/mol. The highest BCUT2D eigenvalue weighted by molar-refractivity contribution is 6.36. The van der Waals surface area contributed by atoms with Gasteiger partial charge in [0.1, 0.15) is 37.9 Å². The number of nitrogens with two attached hydrogens (primary N) is 2. The van der Waals surface area contributed by atoms with Crippen molar-refractivity contribution in [1.82, 2.24) is 0 Å². The van der Waals surface area contributed by atoms with E-state index in [1.54, 1.807) is 14.2 Å². The van der Waals surface area contributed by atoms with Crippen LogP contribution in [0.25, 0.3) is 0 Å². The Kier molecular flexibility index (Phi) is 17.4. The number of methoxy groups -OCH3 is 2. The summed E-state index contributed by atoms with van der Waals surface area (Å²) in [5, 5.41) is 0. The van der Waals surface area contributed by atoms with E-state index in [4.69, 9.17) is 49.4 Å². The molecule has 0 bridgehead atoms. The summed E-state index contributed by atoms with van der Waals surface area (Å²) in [5.41, 5.74) is 17.1. The highest BCUT2D eigenvalue weighted by atomic mass is 16.8. The lowest BCUT2D eigenvalue weighted by atomic mass is 9.74. The van der Waals surface area contributed by atoms with Crippen LogP contribution in [0.3, 0.4) is 0 Å². The smallest absolute Gasteiger partial charge is 0.273 e. The summed E-state index contributed by atoms with van der Waals surface area (Å²) in [4.78, 5) is 18.7. The minimum Gasteiger partial charge on any atom is -0.497 e. The molecule has 7 atom stereocenters. The Balaban J connectivity index is 0.000000155. The summed E-state index contributed by atoms with van der Waals surface area (Å²) in [6.45, 7) is 18.9. The maximum absolute atomic E-state index is 6.86. The standard InChI is InChI=1S/C20H20N2O2.C19H26N2O2.C17H28N2O4/c1-3-7-15(8-4-1)11-17-13-23-19(21-17)20-22-18(14-24-20)12-16-9-5-2-6-10-16;1-13(2)18(20)19(21,14-5-9-16(22-3)10-6-14)15-7-11-17(23-4)12-8-15;1-9(2)11-7-20-15(18-11)13-14(23-17(5,6)22-13)16-19-12(8-21-16)10(3)4/h1-10,17-18H,11-14H2;5-13,18H,20-21H2,1-4H3;9-14H,7-8H2,1-6H3/t17-,18-;18-;11-,12-,13-,14-/m001/s1. The highest BCUT2D eigenvalue weighted by Crippen LogP contribution is 2.36. The number of hydrogen-bond acceptors (Lipinski definition) is 14. The summed E-state index contributed by atoms with van der Waals surface area (Å²) in [6.07, 6.45) is 0.979. The van der Waals surface area contributed by atoms with Crippen LogP contribution in [0.2, 0.25) is 0 Å². The maximum atomic E-state index is 6.86. The lowest BCUT2D eigenvalue weighted by molar-refractivity contribution is -0.138. The predicted octanol–water partition coefficient (Wildman–Crippen LogP) is 8.37. The fourth-order valence-electron chi connectivity index (χ4n) is 8.79. The Morgan fingerprint density at radius 2 is 0.943 bits per heavy atom. The van der Waals surface area contributed by atoms with Crippen molar-refractivity contribution in [3.63, 3.8) is 0 Å². The van der Waals surface area contributed by atoms with Gasteiger partial charge in [-0.1, -0.05) is 126 Å². The molecule has 1 fully saturated rings. The van der Waals surface area contributed by atoms with Crippen LogP contribution < -0.4 is 20.9 Å². The third-order valence-corrected chi connectivity index (χ3v) is 13.1. The second-order valence-corrected chi connectivity index (χ2v) is 19.9. The molecule has 4 aromatic carbocycles. The van der Waals surface area contributed by atoms with Crippen molar-refractivity contribution in [3.8, 4) is 11.5 Å². The zero-order chi connectivity index (χ0) is 50.0. The van der Waals surface area contributed by atoms with Crippen LogP contribution in [0.5, 0.6) is 11.5 Å². The number of aliphatic imine (C=N–C) groups is 4. The highest BCUT2D eigenvalue weighted by Gasteiger charge is 2.51. The van der Waals surface area contributed by atoms with Crippen molar-refractivity contribution >= 4 is 23.6 Å². The molecule has 0 spiro atoms. The second kappa shape index (κ2) is 23.4. The first-order chi connectivity index (χ1) is 33.6. The van der Waals surface area contributed by atoms with Crippen molar-refractivity contribution in [2.24, 2.45) is 49.2 Å². The zero-order valence-electron chi connectivity index (χ0n) is 42.6. The molecule has 0 amide bonds. The predicted molar refractivity (Wildman–Crippen MR) is 276 cm³/mol. The summed E-state index contributed by atoms with van der Waals surface area (Å²) >= 11 is 0. The van der Waals surface area contributed by atoms with Gasteiger partial charge in [0, 0.05) is 6.04 Å². The van der Waals surface area contributed by atoms with E-state index in [0.717, 1.165) is 35.5 Å². The molecule has 70 heavy (non-hydrogen) atoms. The average Bonchev–Trinajstić information content (AvgIpc) is 4.23. The van der Waals surface area contributed by atoms with Gasteiger partial charge in [-0.2, -0.15) is 0 Å². The van der Waals surface area contributed by atoms with Crippen LogP contribution in [0.15, 0.2) is 129 Å². The first-order valence-corrected chi connectivity index (χ1v) is 24.7. The first kappa shape index (κ1) is 52.0. The summed E-state index contributed by atoms with van der Waals surface area (Å²) < 4.78 is 45.6. The van der Waals surface area contributed by atoms with Crippen LogP contribution in [0.1, 0.15) is 77.6 Å². The molecule has 9 rings (SSSR count). The fraction of sp³-hybridized carbons (Fsp3) is 0.500. The summed E-state index contributed by atoms with van der Waals surface area (Å²) in [7, 11) is 3.29. The van der Waals surface area contributed by atoms with E-state index >= 15 is 0 Å². The maximum Gasteiger partial charge on any atom is 0.273 e. The molecule has 1 saturated heterocycles. The van der Waals surface area contributed by atoms with Gasteiger partial charge in [0.15, 0.2) is 18.0 Å². The molecule has 14 heteroatoms. The second-order valence-electron chi connectivity index (χ2n) is 19.9. The number of benzene rings is 4. The lowest BCUT2D eigenvalue weighted by Crippen LogP contribution is -2.55. The normalized spacial score (nSPS) is 23.9. The van der Waals surface area contributed by atoms with Crippen LogP contribution in [0.4, 0.5) is 0 Å². The summed E-state index contributed by atoms with van der Waals surface area (Å²) in [5.74, 6) is 4.32. The van der Waals surface area contributed by atoms with Gasteiger partial charge < -0.3 is 49.4 Å². The monoisotopic (exact) mass is 959 g/mol. The first-order valence-electron chi connectivity index (χ1n) is 24.7. The van der Waals surface area contributed by atoms with Gasteiger partial charge in [0.2, 0.25) is 11.8 Å². The Morgan fingerprint density at radius 3 is 1.27 bits per heavy atom. The van der Waals surface area contributed by atoms with Gasteiger partial charge in [-0.15, -0.1) is 0 Å². The van der Waals surface area contributed by atoms with Crippen LogP contribution in [-0.2, 0) is 46.8 Å². The lowest BCUT2D eigenvalue weighted by Gasteiger charge is -2.38. The van der Waals surface area contributed by atoms with E-state index in [1.165, 1.54) is 11.1 Å². The molecular formula is C56H74N6O8. The molecule has 0 radical (unpaired) electrons. The van der Waals surface area contributed by atoms with E-state index in [-0.39, 0.29) is 36.1 Å². The van der Waals surface area contributed by atoms with Gasteiger partial charge in [-0.05, 0) is 91.0 Å². The topological polar surface area (TPSA) is 175 Å². The molecule has 376 valence electrons. The largest absolute Gasteiger partial charge is 0.497 e. The van der Waals surface area contributed by atoms with Crippen molar-refractivity contribution in [3.05, 3.63) is 131 Å². The minimum atomic E-state index is -0.785. The number of hydrogen-bond donors (Lipinski definition) is 2. The fourth-order valence-corrected chi connectivity index (χ4v) is 8.79. The molecule has 0 aliphatic carbocycles. The Labute approximate surface area is 414 Å². The minimum absolute atomic E-state index is 0.141. The summed E-state index contributed by atoms with van der Waals surface area (Å²) in [6, 6.07) is 36.7. The van der Waals surface area contributed by atoms with Crippen LogP contribution in [0, 0.1) is 17.8 Å². The molecule has 0 saturated carbocycles. The molecule has 5 aliphatic heterocycles. The number of nitrogens with zero attached hydrogens (tertiary/aromatic N) is 4. The van der Waals surface area contributed by atoms with E-state index < -0.39 is 23.5 Å². The van der Waals surface area contributed by atoms with E-state index in [0.29, 0.717) is 61.9 Å². The van der Waals surface area contributed by atoms with Gasteiger partial charge in [-0.25, -0.2) is 20.0 Å². The van der Waals surface area contributed by atoms with E-state index in [1.807, 2.05) is 98.8 Å². The molecule has 5 heterocycles. The Hall–Kier alpha value is -5.80. The van der Waals surface area contributed by atoms with E-state index in [2.05, 4.69) is 85.8 Å². The van der Waals surface area contributed by atoms with E-state index in [9.17, 15) is 0 Å². The molecule has 0 unspecified atom stereocenters. The Morgan fingerprint density at radius 1 is 0.557 bits per heavy atom. The van der Waals surface area contributed by atoms with Gasteiger partial charge in [0.25, 0.3) is 11.8 Å². The molecule has 4 N–H and O–H groups in total. The third-order valence-electron chi connectivity index (χ3n) is 13.1. The molecular weight excluding hydrogens is 885 g/mol. The van der Waals surface area contributed by atoms with Crippen molar-refractivity contribution in [1.29, 1.82) is 0 Å². The molecule has 4 aromatic rings. The zero-order valence-corrected chi connectivity index (χ0v) is 42.6. The van der Waals surface area contributed by atoms with Crippen LogP contribution in [-0.4, -0.2) is 112 Å². The Bertz CT molecular complexity index is 2250. The molecule has 0 aromatic heterocycles. The molecule has 14 nitrogen and oxygen atoms in total. The van der Waals surface area contributed by atoms with Crippen molar-refractivity contribution in [2.45, 2.75) is 122 Å². The number of ether oxygens (including phenoxy) is 8. The third kappa shape index (κ3) is 12.9. The van der Waals surface area contributed by atoms with Gasteiger partial charge in [0.05, 0.1) is 43.9 Å². The quantitative estimate of drug-likeness (QED) is 0.118. The van der Waals surface area contributed by atoms with Crippen LogP contribution >= 0.6 is 0 Å². The SMILES string of the molecule is CC(C)[C@H]1COC([C@@H]2OC(C)(C)O[C@H]2C2=N[C@@H](C(C)C)CO2)=N1.COc1ccc(C(N)(c2ccc(OC)cc2)[C@@H](N)C(C)C)cc1.c1ccc(C[C@H]2COC(C3=N[C@@H](Cc4ccccc4)CO3)=N2)cc1.